The Kier molecular flexibility index (Phi) is 4.54. The molecule has 3 aromatic rings. The van der Waals surface area contributed by atoms with E-state index in [9.17, 15) is 9.59 Å². The van der Waals surface area contributed by atoms with Gasteiger partial charge < -0.3 is 4.74 Å². The SMILES string of the molecule is Bc1ccc(OCC)c2c1C(=O)C(c1ccc3cc(C(C)C)ccc3n1)C2=O. The number of fused-ring (bicyclic) bond motifs is 2. The van der Waals surface area contributed by atoms with Crippen LogP contribution in [0.3, 0.4) is 0 Å². The number of hydrogen-bond donors (Lipinski definition) is 0. The van der Waals surface area contributed by atoms with E-state index in [1.54, 1.807) is 12.1 Å². The molecule has 5 heteroatoms. The van der Waals surface area contributed by atoms with Crippen molar-refractivity contribution < 1.29 is 14.3 Å². The third kappa shape index (κ3) is 2.82. The van der Waals surface area contributed by atoms with Gasteiger partial charge in [0.1, 0.15) is 19.5 Å². The molecule has 0 saturated heterocycles. The van der Waals surface area contributed by atoms with Gasteiger partial charge >= 0.3 is 0 Å². The lowest BCUT2D eigenvalue weighted by Gasteiger charge is -2.10. The van der Waals surface area contributed by atoms with Gasteiger partial charge in [0.25, 0.3) is 0 Å². The van der Waals surface area contributed by atoms with Gasteiger partial charge in [0.05, 0.1) is 23.4 Å². The van der Waals surface area contributed by atoms with Crippen LogP contribution in [0.15, 0.2) is 42.5 Å². The first-order valence-electron chi connectivity index (χ1n) is 9.67. The second-order valence-electron chi connectivity index (χ2n) is 7.57. The Morgan fingerprint density at radius 2 is 1.79 bits per heavy atom. The molecule has 140 valence electrons. The smallest absolute Gasteiger partial charge is 0.184 e. The van der Waals surface area contributed by atoms with Crippen molar-refractivity contribution in [3.63, 3.8) is 0 Å². The highest BCUT2D eigenvalue weighted by Gasteiger charge is 2.43. The van der Waals surface area contributed by atoms with E-state index in [0.717, 1.165) is 16.4 Å². The molecule has 1 aliphatic carbocycles. The summed E-state index contributed by atoms with van der Waals surface area (Å²) in [5.41, 5.74) is 4.19. The maximum atomic E-state index is 13.2. The van der Waals surface area contributed by atoms with Gasteiger partial charge in [0.2, 0.25) is 0 Å². The van der Waals surface area contributed by atoms with E-state index in [-0.39, 0.29) is 11.6 Å². The molecule has 0 saturated carbocycles. The Morgan fingerprint density at radius 1 is 1.04 bits per heavy atom. The summed E-state index contributed by atoms with van der Waals surface area (Å²) in [6, 6.07) is 13.5. The number of carbonyl (C=O) groups is 2. The minimum atomic E-state index is -0.899. The molecule has 4 nitrogen and oxygen atoms in total. The fourth-order valence-corrected chi connectivity index (χ4v) is 3.88. The van der Waals surface area contributed by atoms with Crippen LogP contribution in [0.2, 0.25) is 0 Å². The third-order valence-corrected chi connectivity index (χ3v) is 5.39. The number of benzene rings is 2. The van der Waals surface area contributed by atoms with Crippen LogP contribution in [-0.2, 0) is 0 Å². The zero-order chi connectivity index (χ0) is 20.0. The molecule has 28 heavy (non-hydrogen) atoms. The van der Waals surface area contributed by atoms with E-state index in [0.29, 0.717) is 35.1 Å². The maximum Gasteiger partial charge on any atom is 0.184 e. The van der Waals surface area contributed by atoms with Crippen LogP contribution in [0.1, 0.15) is 64.6 Å². The lowest BCUT2D eigenvalue weighted by atomic mass is 9.87. The molecule has 1 aromatic heterocycles. The number of pyridine rings is 1. The number of aromatic nitrogens is 1. The van der Waals surface area contributed by atoms with Gasteiger partial charge in [-0.3, -0.25) is 14.6 Å². The van der Waals surface area contributed by atoms with Crippen LogP contribution in [-0.4, -0.2) is 31.0 Å². The highest BCUT2D eigenvalue weighted by atomic mass is 16.5. The summed E-state index contributed by atoms with van der Waals surface area (Å²) in [5.74, 6) is -0.408. The van der Waals surface area contributed by atoms with Gasteiger partial charge in [-0.1, -0.05) is 37.5 Å². The quantitative estimate of drug-likeness (QED) is 0.522. The topological polar surface area (TPSA) is 56.3 Å². The summed E-state index contributed by atoms with van der Waals surface area (Å²) in [7, 11) is 1.85. The summed E-state index contributed by atoms with van der Waals surface area (Å²) in [6.45, 7) is 6.60. The van der Waals surface area contributed by atoms with E-state index >= 15 is 0 Å². The Labute approximate surface area is 165 Å². The maximum absolute atomic E-state index is 13.2. The van der Waals surface area contributed by atoms with Gasteiger partial charge in [-0.25, -0.2) is 0 Å². The zero-order valence-corrected chi connectivity index (χ0v) is 16.6. The fourth-order valence-electron chi connectivity index (χ4n) is 3.88. The lowest BCUT2D eigenvalue weighted by Crippen LogP contribution is -2.18. The number of ketones is 2. The molecule has 0 N–H and O–H groups in total. The molecule has 1 unspecified atom stereocenters. The summed E-state index contributed by atoms with van der Waals surface area (Å²) in [4.78, 5) is 31.0. The second-order valence-corrected chi connectivity index (χ2v) is 7.57. The standard InChI is InChI=1S/C23H22BNO3/c1-4-28-18-10-7-15(24)19-21(18)23(27)20(22(19)26)17-9-6-14-11-13(12(2)3)5-8-16(14)25-17/h5-12,20H,4,24H2,1-3H3. The molecule has 1 aliphatic rings. The first kappa shape index (κ1) is 18.4. The minimum absolute atomic E-state index is 0.190. The Hall–Kier alpha value is -2.95. The summed E-state index contributed by atoms with van der Waals surface area (Å²) in [5, 5.41) is 1.01. The van der Waals surface area contributed by atoms with Crippen LogP contribution in [0, 0.1) is 0 Å². The lowest BCUT2D eigenvalue weighted by molar-refractivity contribution is 0.0887. The summed E-state index contributed by atoms with van der Waals surface area (Å²) in [6.07, 6.45) is 0. The molecule has 0 amide bonds. The van der Waals surface area contributed by atoms with Crippen molar-refractivity contribution in [2.75, 3.05) is 6.61 Å². The van der Waals surface area contributed by atoms with Gasteiger partial charge in [-0.05, 0) is 42.7 Å². The molecule has 1 atom stereocenters. The summed E-state index contributed by atoms with van der Waals surface area (Å²) >= 11 is 0. The number of hydrogen-bond acceptors (Lipinski definition) is 4. The number of ether oxygens (including phenoxy) is 1. The average Bonchev–Trinajstić information content (AvgIpc) is 2.95. The number of nitrogens with zero attached hydrogens (tertiary/aromatic N) is 1. The van der Waals surface area contributed by atoms with Crippen molar-refractivity contribution in [3.8, 4) is 5.75 Å². The molecule has 2 aromatic carbocycles. The van der Waals surface area contributed by atoms with Crippen LogP contribution in [0.5, 0.6) is 5.75 Å². The van der Waals surface area contributed by atoms with Gasteiger partial charge in [0, 0.05) is 10.9 Å². The average molecular weight is 371 g/mol. The van der Waals surface area contributed by atoms with Crippen molar-refractivity contribution in [1.82, 2.24) is 4.98 Å². The fraction of sp³-hybridized carbons (Fsp3) is 0.261. The van der Waals surface area contributed by atoms with Crippen LogP contribution in [0.4, 0.5) is 0 Å². The molecule has 1 heterocycles. The monoisotopic (exact) mass is 371 g/mol. The highest BCUT2D eigenvalue weighted by molar-refractivity contribution is 6.43. The van der Waals surface area contributed by atoms with Crippen molar-refractivity contribution >= 4 is 35.8 Å². The van der Waals surface area contributed by atoms with Gasteiger partial charge in [-0.15, -0.1) is 0 Å². The predicted molar refractivity (Wildman–Crippen MR) is 113 cm³/mol. The zero-order valence-electron chi connectivity index (χ0n) is 16.6. The molecule has 0 spiro atoms. The Balaban J connectivity index is 1.80. The van der Waals surface area contributed by atoms with Crippen molar-refractivity contribution in [3.05, 3.63) is 64.8 Å². The highest BCUT2D eigenvalue weighted by Crippen LogP contribution is 2.37. The number of carbonyl (C=O) groups excluding carboxylic acids is 2. The van der Waals surface area contributed by atoms with Crippen LogP contribution >= 0.6 is 0 Å². The second kappa shape index (κ2) is 6.90. The number of rotatable bonds is 4. The first-order chi connectivity index (χ1) is 13.4. The Bertz CT molecular complexity index is 1120. The van der Waals surface area contributed by atoms with Crippen LogP contribution in [0.25, 0.3) is 10.9 Å². The molecular weight excluding hydrogens is 349 g/mol. The van der Waals surface area contributed by atoms with E-state index < -0.39 is 5.92 Å². The van der Waals surface area contributed by atoms with Crippen molar-refractivity contribution in [1.29, 1.82) is 0 Å². The molecule has 0 bridgehead atoms. The largest absolute Gasteiger partial charge is 0.493 e. The van der Waals surface area contributed by atoms with Crippen LogP contribution < -0.4 is 10.2 Å². The molecule has 4 rings (SSSR count). The Morgan fingerprint density at radius 3 is 2.50 bits per heavy atom. The molecule has 0 fully saturated rings. The van der Waals surface area contributed by atoms with Crippen molar-refractivity contribution in [2.24, 2.45) is 0 Å². The van der Waals surface area contributed by atoms with Gasteiger partial charge in [-0.2, -0.15) is 0 Å². The van der Waals surface area contributed by atoms with E-state index in [2.05, 4.69) is 24.9 Å². The van der Waals surface area contributed by atoms with E-state index in [4.69, 9.17) is 4.74 Å². The summed E-state index contributed by atoms with van der Waals surface area (Å²) < 4.78 is 5.62. The van der Waals surface area contributed by atoms with Gasteiger partial charge in [0.15, 0.2) is 11.6 Å². The van der Waals surface area contributed by atoms with E-state index in [1.165, 1.54) is 5.56 Å². The van der Waals surface area contributed by atoms with Crippen molar-refractivity contribution in [2.45, 2.75) is 32.6 Å². The molecule has 0 radical (unpaired) electrons. The molecular formula is C23H22BNO3. The third-order valence-electron chi connectivity index (χ3n) is 5.39. The predicted octanol–water partition coefficient (Wildman–Crippen LogP) is 3.18. The normalized spacial score (nSPS) is 16.1. The minimum Gasteiger partial charge on any atom is -0.493 e. The number of Topliss-reactive ketones (excluding diaryl/α,β-unsaturated/α-hetero) is 2. The first-order valence-corrected chi connectivity index (χ1v) is 9.67. The molecule has 0 aliphatic heterocycles. The van der Waals surface area contributed by atoms with E-state index in [1.807, 2.05) is 39.0 Å².